The van der Waals surface area contributed by atoms with E-state index < -0.39 is 5.82 Å². The standard InChI is InChI=1S/C22H24FN3O3/c1-15(2)25(22(29)17-6-8-18(23)9-7-17)13-20(27)24-12-21(28)26(14-24)19-10-4-16(3)5-11-19/h4-11,15H,12-14H2,1-3H3. The molecule has 0 aliphatic carbocycles. The molecule has 29 heavy (non-hydrogen) atoms. The third kappa shape index (κ3) is 4.62. The Labute approximate surface area is 169 Å². The number of anilines is 1. The molecular formula is C22H24FN3O3. The summed E-state index contributed by atoms with van der Waals surface area (Å²) in [5.41, 5.74) is 2.13. The van der Waals surface area contributed by atoms with E-state index in [1.165, 1.54) is 34.1 Å². The summed E-state index contributed by atoms with van der Waals surface area (Å²) in [4.78, 5) is 42.4. The Kier molecular flexibility index (Phi) is 5.96. The number of carbonyl (C=O) groups is 3. The van der Waals surface area contributed by atoms with Crippen molar-refractivity contribution in [3.63, 3.8) is 0 Å². The molecule has 1 aliphatic rings. The first-order valence-electron chi connectivity index (χ1n) is 9.47. The predicted molar refractivity (Wildman–Crippen MR) is 108 cm³/mol. The summed E-state index contributed by atoms with van der Waals surface area (Å²) in [5, 5.41) is 0. The highest BCUT2D eigenvalue weighted by Gasteiger charge is 2.33. The van der Waals surface area contributed by atoms with E-state index in [1.54, 1.807) is 4.90 Å². The minimum atomic E-state index is -0.430. The molecule has 0 atom stereocenters. The normalized spacial score (nSPS) is 13.9. The van der Waals surface area contributed by atoms with Crippen molar-refractivity contribution < 1.29 is 18.8 Å². The Hall–Kier alpha value is -3.22. The van der Waals surface area contributed by atoms with Crippen molar-refractivity contribution in [2.24, 2.45) is 0 Å². The van der Waals surface area contributed by atoms with Gasteiger partial charge in [0.25, 0.3) is 5.91 Å². The van der Waals surface area contributed by atoms with E-state index in [2.05, 4.69) is 0 Å². The van der Waals surface area contributed by atoms with Gasteiger partial charge in [0.05, 0.1) is 0 Å². The molecule has 152 valence electrons. The fraction of sp³-hybridized carbons (Fsp3) is 0.318. The van der Waals surface area contributed by atoms with Crippen molar-refractivity contribution in [3.8, 4) is 0 Å². The molecule has 0 radical (unpaired) electrons. The first kappa shape index (κ1) is 20.5. The van der Waals surface area contributed by atoms with Crippen LogP contribution >= 0.6 is 0 Å². The van der Waals surface area contributed by atoms with Crippen LogP contribution in [0.15, 0.2) is 48.5 Å². The van der Waals surface area contributed by atoms with Gasteiger partial charge in [-0.15, -0.1) is 0 Å². The van der Waals surface area contributed by atoms with Crippen LogP contribution in [0.2, 0.25) is 0 Å². The van der Waals surface area contributed by atoms with Crippen LogP contribution in [-0.4, -0.2) is 53.3 Å². The van der Waals surface area contributed by atoms with Crippen LogP contribution in [0, 0.1) is 12.7 Å². The topological polar surface area (TPSA) is 60.9 Å². The maximum Gasteiger partial charge on any atom is 0.254 e. The molecule has 0 unspecified atom stereocenters. The zero-order valence-corrected chi connectivity index (χ0v) is 16.8. The lowest BCUT2D eigenvalue weighted by Gasteiger charge is -2.28. The van der Waals surface area contributed by atoms with Crippen molar-refractivity contribution >= 4 is 23.4 Å². The van der Waals surface area contributed by atoms with Crippen molar-refractivity contribution in [2.75, 3.05) is 24.7 Å². The second-order valence-electron chi connectivity index (χ2n) is 7.42. The van der Waals surface area contributed by atoms with Crippen LogP contribution < -0.4 is 4.90 Å². The highest BCUT2D eigenvalue weighted by atomic mass is 19.1. The molecule has 0 saturated carbocycles. The van der Waals surface area contributed by atoms with Crippen LogP contribution in [0.1, 0.15) is 29.8 Å². The minimum absolute atomic E-state index is 0.0244. The van der Waals surface area contributed by atoms with Crippen LogP contribution in [-0.2, 0) is 9.59 Å². The van der Waals surface area contributed by atoms with Gasteiger partial charge in [0, 0.05) is 17.3 Å². The highest BCUT2D eigenvalue weighted by Crippen LogP contribution is 2.20. The number of aryl methyl sites for hydroxylation is 1. The number of rotatable bonds is 5. The zero-order chi connectivity index (χ0) is 21.1. The molecule has 6 nitrogen and oxygen atoms in total. The van der Waals surface area contributed by atoms with Gasteiger partial charge in [0.2, 0.25) is 11.8 Å². The Morgan fingerprint density at radius 2 is 1.69 bits per heavy atom. The lowest BCUT2D eigenvalue weighted by molar-refractivity contribution is -0.132. The first-order valence-corrected chi connectivity index (χ1v) is 9.47. The largest absolute Gasteiger partial charge is 0.327 e. The fourth-order valence-corrected chi connectivity index (χ4v) is 3.16. The molecule has 1 heterocycles. The van der Waals surface area contributed by atoms with Gasteiger partial charge in [-0.2, -0.15) is 0 Å². The van der Waals surface area contributed by atoms with Gasteiger partial charge >= 0.3 is 0 Å². The molecule has 3 rings (SSSR count). The van der Waals surface area contributed by atoms with Crippen LogP contribution in [0.3, 0.4) is 0 Å². The van der Waals surface area contributed by atoms with Gasteiger partial charge < -0.3 is 9.80 Å². The Balaban J connectivity index is 1.70. The van der Waals surface area contributed by atoms with Crippen molar-refractivity contribution in [2.45, 2.75) is 26.8 Å². The number of benzene rings is 2. The van der Waals surface area contributed by atoms with Crippen molar-refractivity contribution in [1.82, 2.24) is 9.80 Å². The number of carbonyl (C=O) groups excluding carboxylic acids is 3. The summed E-state index contributed by atoms with van der Waals surface area (Å²) < 4.78 is 13.1. The van der Waals surface area contributed by atoms with E-state index in [4.69, 9.17) is 0 Å². The number of hydrogen-bond donors (Lipinski definition) is 0. The van der Waals surface area contributed by atoms with E-state index in [9.17, 15) is 18.8 Å². The minimum Gasteiger partial charge on any atom is -0.327 e. The van der Waals surface area contributed by atoms with Gasteiger partial charge in [0.15, 0.2) is 0 Å². The third-order valence-electron chi connectivity index (χ3n) is 4.92. The highest BCUT2D eigenvalue weighted by molar-refractivity contribution is 6.01. The summed E-state index contributed by atoms with van der Waals surface area (Å²) in [7, 11) is 0. The summed E-state index contributed by atoms with van der Waals surface area (Å²) in [5.74, 6) is -1.25. The predicted octanol–water partition coefficient (Wildman–Crippen LogP) is 2.82. The van der Waals surface area contributed by atoms with Crippen LogP contribution in [0.25, 0.3) is 0 Å². The first-order chi connectivity index (χ1) is 13.8. The lowest BCUT2D eigenvalue weighted by atomic mass is 10.1. The molecule has 2 aromatic rings. The quantitative estimate of drug-likeness (QED) is 0.780. The zero-order valence-electron chi connectivity index (χ0n) is 16.8. The monoisotopic (exact) mass is 397 g/mol. The van der Waals surface area contributed by atoms with Crippen LogP contribution in [0.4, 0.5) is 10.1 Å². The molecule has 0 spiro atoms. The second-order valence-corrected chi connectivity index (χ2v) is 7.42. The molecule has 0 N–H and O–H groups in total. The average molecular weight is 397 g/mol. The number of amides is 3. The SMILES string of the molecule is Cc1ccc(N2CN(C(=O)CN(C(=O)c3ccc(F)cc3)C(C)C)CC2=O)cc1. The van der Waals surface area contributed by atoms with Gasteiger partial charge in [-0.1, -0.05) is 17.7 Å². The van der Waals surface area contributed by atoms with Crippen molar-refractivity contribution in [1.29, 1.82) is 0 Å². The molecule has 0 bridgehead atoms. The maximum atomic E-state index is 13.1. The molecule has 3 amide bonds. The Morgan fingerprint density at radius 1 is 1.07 bits per heavy atom. The van der Waals surface area contributed by atoms with E-state index in [0.717, 1.165) is 11.3 Å². The fourth-order valence-electron chi connectivity index (χ4n) is 3.16. The second kappa shape index (κ2) is 8.43. The van der Waals surface area contributed by atoms with E-state index in [-0.39, 0.29) is 43.5 Å². The molecule has 1 fully saturated rings. The lowest BCUT2D eigenvalue weighted by Crippen LogP contribution is -2.45. The van der Waals surface area contributed by atoms with Gasteiger partial charge in [-0.25, -0.2) is 4.39 Å². The smallest absolute Gasteiger partial charge is 0.254 e. The number of nitrogens with zero attached hydrogens (tertiary/aromatic N) is 3. The van der Waals surface area contributed by atoms with E-state index in [0.29, 0.717) is 5.56 Å². The van der Waals surface area contributed by atoms with E-state index >= 15 is 0 Å². The van der Waals surface area contributed by atoms with Gasteiger partial charge in [-0.05, 0) is 57.2 Å². The average Bonchev–Trinajstić information content (AvgIpc) is 3.08. The molecule has 0 aromatic heterocycles. The molecular weight excluding hydrogens is 373 g/mol. The van der Waals surface area contributed by atoms with Gasteiger partial charge in [0.1, 0.15) is 25.6 Å². The molecule has 7 heteroatoms. The third-order valence-corrected chi connectivity index (χ3v) is 4.92. The number of hydrogen-bond acceptors (Lipinski definition) is 3. The summed E-state index contributed by atoms with van der Waals surface area (Å²) in [6, 6.07) is 12.5. The Bertz CT molecular complexity index is 910. The molecule has 2 aromatic carbocycles. The molecule has 1 aliphatic heterocycles. The number of halogens is 1. The Morgan fingerprint density at radius 3 is 2.28 bits per heavy atom. The summed E-state index contributed by atoms with van der Waals surface area (Å²) in [6.45, 7) is 5.55. The maximum absolute atomic E-state index is 13.1. The van der Waals surface area contributed by atoms with Crippen LogP contribution in [0.5, 0.6) is 0 Å². The van der Waals surface area contributed by atoms with E-state index in [1.807, 2.05) is 45.0 Å². The van der Waals surface area contributed by atoms with Crippen molar-refractivity contribution in [3.05, 3.63) is 65.5 Å². The molecule has 1 saturated heterocycles. The van der Waals surface area contributed by atoms with Gasteiger partial charge in [-0.3, -0.25) is 19.3 Å². The summed E-state index contributed by atoms with van der Waals surface area (Å²) >= 11 is 0. The summed E-state index contributed by atoms with van der Waals surface area (Å²) in [6.07, 6.45) is 0.